The third-order valence-corrected chi connectivity index (χ3v) is 2.33. The van der Waals surface area contributed by atoms with Gasteiger partial charge in [-0.25, -0.2) is 9.18 Å². The molecule has 0 spiro atoms. The van der Waals surface area contributed by atoms with Crippen molar-refractivity contribution in [3.05, 3.63) is 29.6 Å². The van der Waals surface area contributed by atoms with Crippen LogP contribution in [0.3, 0.4) is 0 Å². The van der Waals surface area contributed by atoms with E-state index < -0.39 is 23.8 Å². The molecule has 100 valence electrons. The zero-order valence-electron chi connectivity index (χ0n) is 10.5. The van der Waals surface area contributed by atoms with Crippen LogP contribution < -0.4 is 16.0 Å². The van der Waals surface area contributed by atoms with Crippen LogP contribution in [-0.2, 0) is 4.79 Å². The van der Waals surface area contributed by atoms with E-state index in [9.17, 15) is 14.0 Å². The summed E-state index contributed by atoms with van der Waals surface area (Å²) in [5, 5.41) is 15.9. The normalized spacial score (nSPS) is 11.1. The van der Waals surface area contributed by atoms with Crippen LogP contribution in [0.25, 0.3) is 0 Å². The van der Waals surface area contributed by atoms with Crippen molar-refractivity contribution in [2.24, 2.45) is 0 Å². The van der Waals surface area contributed by atoms with E-state index in [1.54, 1.807) is 0 Å². The molecule has 1 unspecified atom stereocenters. The summed E-state index contributed by atoms with van der Waals surface area (Å²) >= 11 is 0. The van der Waals surface area contributed by atoms with Gasteiger partial charge >= 0.3 is 6.03 Å². The van der Waals surface area contributed by atoms with Crippen LogP contribution in [0.15, 0.2) is 18.2 Å². The van der Waals surface area contributed by atoms with Crippen molar-refractivity contribution < 1.29 is 14.0 Å². The van der Waals surface area contributed by atoms with Crippen LogP contribution in [0, 0.1) is 17.1 Å². The highest BCUT2D eigenvalue weighted by molar-refractivity contribution is 5.97. The Balaban J connectivity index is 2.77. The Morgan fingerprint density at radius 2 is 2.11 bits per heavy atom. The summed E-state index contributed by atoms with van der Waals surface area (Å²) in [7, 11) is 1.38. The van der Waals surface area contributed by atoms with Crippen molar-refractivity contribution in [3.8, 4) is 6.07 Å². The average Bonchev–Trinajstić information content (AvgIpc) is 2.40. The number of hydrogen-bond donors (Lipinski definition) is 3. The number of carbonyl (C=O) groups is 2. The summed E-state index contributed by atoms with van der Waals surface area (Å²) in [5.74, 6) is -1.10. The van der Waals surface area contributed by atoms with E-state index in [-0.39, 0.29) is 5.56 Å². The minimum atomic E-state index is -0.755. The predicted molar refractivity (Wildman–Crippen MR) is 66.8 cm³/mol. The van der Waals surface area contributed by atoms with Gasteiger partial charge in [0.05, 0.1) is 11.3 Å². The van der Waals surface area contributed by atoms with Crippen molar-refractivity contribution in [1.29, 1.82) is 5.26 Å². The smallest absolute Gasteiger partial charge is 0.321 e. The highest BCUT2D eigenvalue weighted by atomic mass is 19.1. The molecule has 1 aromatic rings. The number of urea groups is 1. The van der Waals surface area contributed by atoms with Gasteiger partial charge in [-0.1, -0.05) is 0 Å². The molecular formula is C12H13FN4O2. The maximum absolute atomic E-state index is 12.9. The highest BCUT2D eigenvalue weighted by Gasteiger charge is 2.16. The standard InChI is InChI=1S/C12H13FN4O2/c1-7(11(18)17-12(19)15-2)16-10-4-3-9(13)5-8(10)6-14/h3-5,7,16H,1-2H3,(H2,15,17,18,19). The molecule has 0 fully saturated rings. The monoisotopic (exact) mass is 264 g/mol. The molecule has 7 heteroatoms. The topological polar surface area (TPSA) is 94.0 Å². The number of nitrogens with one attached hydrogen (secondary N) is 3. The fourth-order valence-electron chi connectivity index (χ4n) is 1.32. The number of rotatable bonds is 3. The number of anilines is 1. The van der Waals surface area contributed by atoms with Gasteiger partial charge in [-0.3, -0.25) is 10.1 Å². The molecule has 0 radical (unpaired) electrons. The largest absolute Gasteiger partial charge is 0.373 e. The number of carbonyl (C=O) groups excluding carboxylic acids is 2. The van der Waals surface area contributed by atoms with Gasteiger partial charge in [0.15, 0.2) is 0 Å². The molecule has 1 rings (SSSR count). The number of nitriles is 1. The van der Waals surface area contributed by atoms with Crippen molar-refractivity contribution in [3.63, 3.8) is 0 Å². The molecule has 19 heavy (non-hydrogen) atoms. The number of imide groups is 1. The summed E-state index contributed by atoms with van der Waals surface area (Å²) in [4.78, 5) is 22.6. The van der Waals surface area contributed by atoms with Crippen LogP contribution in [0.2, 0.25) is 0 Å². The molecule has 0 aliphatic heterocycles. The first-order chi connectivity index (χ1) is 8.97. The summed E-state index contributed by atoms with van der Waals surface area (Å²) in [6, 6.07) is 4.03. The van der Waals surface area contributed by atoms with Crippen LogP contribution in [0.4, 0.5) is 14.9 Å². The zero-order valence-corrected chi connectivity index (χ0v) is 10.5. The Bertz CT molecular complexity index is 539. The summed E-state index contributed by atoms with van der Waals surface area (Å²) in [6.07, 6.45) is 0. The molecule has 0 aliphatic carbocycles. The number of benzene rings is 1. The van der Waals surface area contributed by atoms with Crippen LogP contribution >= 0.6 is 0 Å². The van der Waals surface area contributed by atoms with E-state index >= 15 is 0 Å². The van der Waals surface area contributed by atoms with Gasteiger partial charge < -0.3 is 10.6 Å². The summed E-state index contributed by atoms with van der Waals surface area (Å²) in [5.41, 5.74) is 0.406. The average molecular weight is 264 g/mol. The molecule has 0 heterocycles. The predicted octanol–water partition coefficient (Wildman–Crippen LogP) is 0.953. The lowest BCUT2D eigenvalue weighted by Gasteiger charge is -2.15. The van der Waals surface area contributed by atoms with Crippen molar-refractivity contribution in [1.82, 2.24) is 10.6 Å². The molecule has 0 saturated heterocycles. The Labute approximate surface area is 109 Å². The molecule has 0 aromatic heterocycles. The number of amides is 3. The van der Waals surface area contributed by atoms with Crippen molar-refractivity contribution >= 4 is 17.6 Å². The fourth-order valence-corrected chi connectivity index (χ4v) is 1.32. The van der Waals surface area contributed by atoms with E-state index in [1.165, 1.54) is 26.1 Å². The lowest BCUT2D eigenvalue weighted by atomic mass is 10.1. The molecule has 0 saturated carbocycles. The third-order valence-electron chi connectivity index (χ3n) is 2.33. The van der Waals surface area contributed by atoms with Gasteiger partial charge in [0, 0.05) is 7.05 Å². The molecule has 3 amide bonds. The minimum Gasteiger partial charge on any atom is -0.373 e. The van der Waals surface area contributed by atoms with Crippen molar-refractivity contribution in [2.75, 3.05) is 12.4 Å². The Hall–Kier alpha value is -2.62. The number of nitrogens with zero attached hydrogens (tertiary/aromatic N) is 1. The fraction of sp³-hybridized carbons (Fsp3) is 0.250. The van der Waals surface area contributed by atoms with Gasteiger partial charge in [-0.2, -0.15) is 5.26 Å². The molecular weight excluding hydrogens is 251 g/mol. The Morgan fingerprint density at radius 1 is 1.42 bits per heavy atom. The molecule has 0 aliphatic rings. The first kappa shape index (κ1) is 14.4. The summed E-state index contributed by atoms with van der Waals surface area (Å²) in [6.45, 7) is 1.52. The van der Waals surface area contributed by atoms with Crippen molar-refractivity contribution in [2.45, 2.75) is 13.0 Å². The van der Waals surface area contributed by atoms with Gasteiger partial charge in [0.25, 0.3) is 0 Å². The maximum atomic E-state index is 12.9. The number of halogens is 1. The Kier molecular flexibility index (Phi) is 4.83. The first-order valence-electron chi connectivity index (χ1n) is 5.46. The summed E-state index contributed by atoms with van der Waals surface area (Å²) < 4.78 is 12.9. The van der Waals surface area contributed by atoms with Crippen LogP contribution in [0.1, 0.15) is 12.5 Å². The van der Waals surface area contributed by atoms with Gasteiger partial charge in [0.1, 0.15) is 17.9 Å². The maximum Gasteiger partial charge on any atom is 0.321 e. The van der Waals surface area contributed by atoms with E-state index in [1.807, 2.05) is 6.07 Å². The minimum absolute atomic E-state index is 0.0830. The second-order valence-corrected chi connectivity index (χ2v) is 3.74. The van der Waals surface area contributed by atoms with Gasteiger partial charge in [0.2, 0.25) is 5.91 Å². The van der Waals surface area contributed by atoms with Crippen LogP contribution in [0.5, 0.6) is 0 Å². The van der Waals surface area contributed by atoms with Gasteiger partial charge in [-0.15, -0.1) is 0 Å². The van der Waals surface area contributed by atoms with E-state index in [4.69, 9.17) is 5.26 Å². The zero-order chi connectivity index (χ0) is 14.4. The van der Waals surface area contributed by atoms with E-state index in [0.717, 1.165) is 6.07 Å². The molecule has 3 N–H and O–H groups in total. The quantitative estimate of drug-likeness (QED) is 0.757. The highest BCUT2D eigenvalue weighted by Crippen LogP contribution is 2.16. The number of hydrogen-bond acceptors (Lipinski definition) is 4. The first-order valence-corrected chi connectivity index (χ1v) is 5.46. The SMILES string of the molecule is CNC(=O)NC(=O)C(C)Nc1ccc(F)cc1C#N. The third kappa shape index (κ3) is 3.96. The Morgan fingerprint density at radius 3 is 2.68 bits per heavy atom. The molecule has 6 nitrogen and oxygen atoms in total. The molecule has 1 atom stereocenters. The van der Waals surface area contributed by atoms with E-state index in [2.05, 4.69) is 16.0 Å². The molecule has 1 aromatic carbocycles. The van der Waals surface area contributed by atoms with Gasteiger partial charge in [-0.05, 0) is 25.1 Å². The lowest BCUT2D eigenvalue weighted by Crippen LogP contribution is -2.44. The molecule has 0 bridgehead atoms. The lowest BCUT2D eigenvalue weighted by molar-refractivity contribution is -0.120. The van der Waals surface area contributed by atoms with E-state index in [0.29, 0.717) is 5.69 Å². The van der Waals surface area contributed by atoms with Crippen LogP contribution in [-0.4, -0.2) is 25.0 Å². The second-order valence-electron chi connectivity index (χ2n) is 3.74. The second kappa shape index (κ2) is 6.35.